The van der Waals surface area contributed by atoms with E-state index < -0.39 is 41.9 Å². The molecule has 0 unspecified atom stereocenters. The summed E-state index contributed by atoms with van der Waals surface area (Å²) in [6, 6.07) is 31.5. The van der Waals surface area contributed by atoms with Crippen LogP contribution in [0.5, 0.6) is 0 Å². The number of imide groups is 1. The average Bonchev–Trinajstić information content (AvgIpc) is 3.53. The summed E-state index contributed by atoms with van der Waals surface area (Å²) in [5.74, 6) is -3.26. The van der Waals surface area contributed by atoms with Crippen LogP contribution in [-0.4, -0.2) is 35.7 Å². The standard InChI is InChI=1S/C36H28N2O5/c1-22(39)23-16-19-27(20-17-23)37-34(40)30-29-21-18-24-10-8-9-15-28(24)38(29)32(31(30)35(37)41)36(42)43-33(25-11-4-2-5-12-25)26-13-6-3-7-14-26/h2-21,29-33H,1H3/t29-,30+,31+,32+/m1/s1. The number of anilines is 2. The molecule has 4 atom stereocenters. The average molecular weight is 569 g/mol. The van der Waals surface area contributed by atoms with Crippen molar-refractivity contribution in [3.8, 4) is 0 Å². The number of nitrogens with zero attached hydrogens (tertiary/aromatic N) is 2. The second-order valence-electron chi connectivity index (χ2n) is 11.1. The molecule has 7 heteroatoms. The van der Waals surface area contributed by atoms with Gasteiger partial charge in [0.05, 0.1) is 23.6 Å². The quantitative estimate of drug-likeness (QED) is 0.171. The summed E-state index contributed by atoms with van der Waals surface area (Å²) in [6.07, 6.45) is 3.15. The molecule has 0 saturated carbocycles. The lowest BCUT2D eigenvalue weighted by atomic mass is 9.88. The van der Waals surface area contributed by atoms with E-state index in [1.54, 1.807) is 24.3 Å². The first-order valence-electron chi connectivity index (χ1n) is 14.3. The number of hydrogen-bond donors (Lipinski definition) is 0. The van der Waals surface area contributed by atoms with Crippen LogP contribution < -0.4 is 9.80 Å². The Hall–Kier alpha value is -5.30. The highest BCUT2D eigenvalue weighted by molar-refractivity contribution is 6.24. The van der Waals surface area contributed by atoms with E-state index in [9.17, 15) is 19.2 Å². The van der Waals surface area contributed by atoms with Crippen LogP contribution in [0.3, 0.4) is 0 Å². The summed E-state index contributed by atoms with van der Waals surface area (Å²) in [6.45, 7) is 1.46. The maximum Gasteiger partial charge on any atom is 0.330 e. The van der Waals surface area contributed by atoms with Gasteiger partial charge in [-0.25, -0.2) is 9.69 Å². The van der Waals surface area contributed by atoms with E-state index in [2.05, 4.69) is 0 Å². The van der Waals surface area contributed by atoms with Gasteiger partial charge in [-0.2, -0.15) is 0 Å². The smallest absolute Gasteiger partial charge is 0.330 e. The molecule has 0 bridgehead atoms. The number of esters is 1. The summed E-state index contributed by atoms with van der Waals surface area (Å²) < 4.78 is 6.32. The first-order chi connectivity index (χ1) is 20.9. The number of fused-ring (bicyclic) bond motifs is 5. The molecular weight excluding hydrogens is 540 g/mol. The zero-order valence-electron chi connectivity index (χ0n) is 23.4. The Bertz CT molecular complexity index is 1730. The molecular formula is C36H28N2O5. The SMILES string of the molecule is CC(=O)c1ccc(N2C(=O)[C@@H]3[C@H](C2=O)[C@@H](C(=O)OC(c2ccccc2)c2ccccc2)N2c4ccccc4C=C[C@H]32)cc1. The maximum absolute atomic E-state index is 14.4. The molecule has 4 aromatic carbocycles. The van der Waals surface area contributed by atoms with Crippen LogP contribution in [0.1, 0.15) is 40.1 Å². The second kappa shape index (κ2) is 10.5. The van der Waals surface area contributed by atoms with E-state index in [-0.39, 0.29) is 11.7 Å². The monoisotopic (exact) mass is 568 g/mol. The van der Waals surface area contributed by atoms with Crippen molar-refractivity contribution in [1.82, 2.24) is 0 Å². The second-order valence-corrected chi connectivity index (χ2v) is 11.1. The van der Waals surface area contributed by atoms with Gasteiger partial charge in [-0.1, -0.05) is 91.0 Å². The van der Waals surface area contributed by atoms with E-state index in [0.29, 0.717) is 11.3 Å². The van der Waals surface area contributed by atoms with Crippen molar-refractivity contribution >= 4 is 41.0 Å². The number of para-hydroxylation sites is 1. The van der Waals surface area contributed by atoms with Gasteiger partial charge in [0.25, 0.3) is 0 Å². The summed E-state index contributed by atoms with van der Waals surface area (Å²) in [7, 11) is 0. The van der Waals surface area contributed by atoms with Crippen LogP contribution >= 0.6 is 0 Å². The molecule has 2 fully saturated rings. The number of benzene rings is 4. The molecule has 212 valence electrons. The molecule has 2 saturated heterocycles. The van der Waals surface area contributed by atoms with Crippen molar-refractivity contribution in [2.24, 2.45) is 11.8 Å². The van der Waals surface area contributed by atoms with Gasteiger partial charge in [0.15, 0.2) is 11.9 Å². The molecule has 4 aromatic rings. The Morgan fingerprint density at radius 3 is 1.93 bits per heavy atom. The third kappa shape index (κ3) is 4.36. The van der Waals surface area contributed by atoms with Crippen molar-refractivity contribution in [3.63, 3.8) is 0 Å². The third-order valence-corrected chi connectivity index (χ3v) is 8.63. The summed E-state index contributed by atoms with van der Waals surface area (Å²) in [5, 5.41) is 0. The number of carbonyl (C=O) groups is 4. The zero-order chi connectivity index (χ0) is 29.7. The number of carbonyl (C=O) groups excluding carboxylic acids is 4. The van der Waals surface area contributed by atoms with Gasteiger partial charge >= 0.3 is 5.97 Å². The lowest BCUT2D eigenvalue weighted by Gasteiger charge is -2.36. The Kier molecular flexibility index (Phi) is 6.50. The highest BCUT2D eigenvalue weighted by Gasteiger charge is 2.65. The molecule has 3 heterocycles. The lowest BCUT2D eigenvalue weighted by molar-refractivity contribution is -0.151. The predicted octanol–water partition coefficient (Wildman–Crippen LogP) is 5.61. The van der Waals surface area contributed by atoms with E-state index in [0.717, 1.165) is 27.3 Å². The van der Waals surface area contributed by atoms with E-state index in [1.807, 2.05) is 102 Å². The molecule has 0 aliphatic carbocycles. The van der Waals surface area contributed by atoms with E-state index in [1.165, 1.54) is 6.92 Å². The van der Waals surface area contributed by atoms with E-state index >= 15 is 0 Å². The Morgan fingerprint density at radius 2 is 1.30 bits per heavy atom. The molecule has 7 nitrogen and oxygen atoms in total. The van der Waals surface area contributed by atoms with Gasteiger partial charge in [-0.3, -0.25) is 14.4 Å². The van der Waals surface area contributed by atoms with Crippen molar-refractivity contribution in [1.29, 1.82) is 0 Å². The summed E-state index contributed by atoms with van der Waals surface area (Å²) in [5.41, 5.74) is 4.13. The van der Waals surface area contributed by atoms with Gasteiger partial charge in [0.2, 0.25) is 11.8 Å². The van der Waals surface area contributed by atoms with Gasteiger partial charge in [-0.15, -0.1) is 0 Å². The van der Waals surface area contributed by atoms with Crippen LogP contribution in [0, 0.1) is 11.8 Å². The number of ether oxygens (including phenoxy) is 1. The minimum absolute atomic E-state index is 0.113. The van der Waals surface area contributed by atoms with Crippen molar-refractivity contribution < 1.29 is 23.9 Å². The predicted molar refractivity (Wildman–Crippen MR) is 162 cm³/mol. The molecule has 0 aromatic heterocycles. The Labute approximate surface area is 249 Å². The Morgan fingerprint density at radius 1 is 0.721 bits per heavy atom. The van der Waals surface area contributed by atoms with Gasteiger partial charge in [0.1, 0.15) is 6.04 Å². The van der Waals surface area contributed by atoms with Crippen molar-refractivity contribution in [2.75, 3.05) is 9.80 Å². The lowest BCUT2D eigenvalue weighted by Crippen LogP contribution is -2.49. The number of amides is 2. The fraction of sp³-hybridized carbons (Fsp3) is 0.167. The van der Waals surface area contributed by atoms with Gasteiger partial charge < -0.3 is 9.64 Å². The maximum atomic E-state index is 14.4. The molecule has 0 spiro atoms. The first-order valence-corrected chi connectivity index (χ1v) is 14.3. The largest absolute Gasteiger partial charge is 0.451 e. The van der Waals surface area contributed by atoms with Crippen molar-refractivity contribution in [3.05, 3.63) is 138 Å². The molecule has 3 aliphatic rings. The molecule has 43 heavy (non-hydrogen) atoms. The first kappa shape index (κ1) is 26.6. The number of hydrogen-bond acceptors (Lipinski definition) is 6. The molecule has 0 radical (unpaired) electrons. The van der Waals surface area contributed by atoms with Crippen LogP contribution in [0.25, 0.3) is 6.08 Å². The molecule has 7 rings (SSSR count). The zero-order valence-corrected chi connectivity index (χ0v) is 23.4. The Balaban J connectivity index is 1.30. The summed E-state index contributed by atoms with van der Waals surface area (Å²) in [4.78, 5) is 57.5. The highest BCUT2D eigenvalue weighted by atomic mass is 16.5. The topological polar surface area (TPSA) is 84.0 Å². The number of ketones is 1. The molecule has 3 aliphatic heterocycles. The fourth-order valence-corrected chi connectivity index (χ4v) is 6.65. The van der Waals surface area contributed by atoms with Crippen LogP contribution in [-0.2, 0) is 19.1 Å². The van der Waals surface area contributed by atoms with Crippen LogP contribution in [0.4, 0.5) is 11.4 Å². The highest BCUT2D eigenvalue weighted by Crippen LogP contribution is 2.49. The number of rotatable bonds is 6. The van der Waals surface area contributed by atoms with Gasteiger partial charge in [-0.05, 0) is 53.9 Å². The molecule has 0 N–H and O–H groups in total. The normalized spacial score (nSPS) is 21.9. The fourth-order valence-electron chi connectivity index (χ4n) is 6.65. The minimum atomic E-state index is -1.03. The number of Topliss-reactive ketones (excluding diaryl/α,β-unsaturated/α-hetero) is 1. The van der Waals surface area contributed by atoms with Crippen LogP contribution in [0.2, 0.25) is 0 Å². The van der Waals surface area contributed by atoms with Crippen molar-refractivity contribution in [2.45, 2.75) is 25.1 Å². The van der Waals surface area contributed by atoms with Crippen LogP contribution in [0.15, 0.2) is 115 Å². The summed E-state index contributed by atoms with van der Waals surface area (Å²) >= 11 is 0. The van der Waals surface area contributed by atoms with E-state index in [4.69, 9.17) is 4.74 Å². The minimum Gasteiger partial charge on any atom is -0.451 e. The third-order valence-electron chi connectivity index (χ3n) is 8.63. The van der Waals surface area contributed by atoms with Gasteiger partial charge in [0, 0.05) is 11.3 Å². The molecule has 2 amide bonds.